The molecule has 54 heavy (non-hydrogen) atoms. The summed E-state index contributed by atoms with van der Waals surface area (Å²) in [6.07, 6.45) is -0.362. The standard InChI is InChI=1S/C32H34N4O17S/c1-15(13-33-28(41)20-6-8-24(49-16(2)37)26(10-20)51-18(4)39)23-12-22-14-35(31(45)36(22)53-54(46,47)48)32(23,30(43)44)34-29(42)21-7-9-25(50-17(3)38)27(11-21)52-19(5)40/h6-11,15,22-23H,12-14H2,1-5H3,(H,33,41)(H,34,42)(H,43,44)(H,46,47,48)/t15?,22-,23?,32+/m1/s1. The summed E-state index contributed by atoms with van der Waals surface area (Å²) in [5.74, 6) is -10.2. The maximum atomic E-state index is 13.8. The predicted molar refractivity (Wildman–Crippen MR) is 176 cm³/mol. The highest BCUT2D eigenvalue weighted by molar-refractivity contribution is 7.80. The van der Waals surface area contributed by atoms with Crippen LogP contribution in [-0.2, 0) is 38.7 Å². The molecule has 21 nitrogen and oxygen atoms in total. The summed E-state index contributed by atoms with van der Waals surface area (Å²) in [5.41, 5.74) is -3.08. The number of hydroxylamine groups is 2. The third-order valence-electron chi connectivity index (χ3n) is 8.14. The highest BCUT2D eigenvalue weighted by Crippen LogP contribution is 2.44. The van der Waals surface area contributed by atoms with Crippen LogP contribution < -0.4 is 29.6 Å². The summed E-state index contributed by atoms with van der Waals surface area (Å²) in [5, 5.41) is 16.0. The van der Waals surface area contributed by atoms with E-state index in [1.165, 1.54) is 19.1 Å². The number of nitrogens with zero attached hydrogens (tertiary/aromatic N) is 2. The molecule has 0 aliphatic carbocycles. The van der Waals surface area contributed by atoms with Gasteiger partial charge in [-0.1, -0.05) is 6.92 Å². The average Bonchev–Trinajstić information content (AvgIpc) is 3.30. The fourth-order valence-electron chi connectivity index (χ4n) is 6.08. The van der Waals surface area contributed by atoms with Gasteiger partial charge in [-0.3, -0.25) is 38.2 Å². The highest BCUT2D eigenvalue weighted by Gasteiger charge is 2.65. The Bertz CT molecular complexity index is 2040. The van der Waals surface area contributed by atoms with Crippen molar-refractivity contribution in [1.82, 2.24) is 20.6 Å². The Balaban J connectivity index is 1.71. The van der Waals surface area contributed by atoms with E-state index in [9.17, 15) is 56.4 Å². The van der Waals surface area contributed by atoms with Gasteiger partial charge < -0.3 is 34.7 Å². The van der Waals surface area contributed by atoms with Crippen LogP contribution in [0.3, 0.4) is 0 Å². The van der Waals surface area contributed by atoms with Gasteiger partial charge in [0.25, 0.3) is 11.8 Å². The van der Waals surface area contributed by atoms with E-state index in [0.29, 0.717) is 4.90 Å². The summed E-state index contributed by atoms with van der Waals surface area (Å²) in [6, 6.07) is 4.23. The van der Waals surface area contributed by atoms with E-state index >= 15 is 0 Å². The molecule has 2 unspecified atom stereocenters. The Morgan fingerprint density at radius 2 is 1.28 bits per heavy atom. The van der Waals surface area contributed by atoms with Gasteiger partial charge in [0.1, 0.15) is 0 Å². The molecular weight excluding hydrogens is 744 g/mol. The van der Waals surface area contributed by atoms with Crippen LogP contribution in [0.4, 0.5) is 4.79 Å². The molecular formula is C32H34N4O17S. The minimum atomic E-state index is -5.29. The van der Waals surface area contributed by atoms with Gasteiger partial charge in [0.2, 0.25) is 5.66 Å². The molecule has 0 aromatic heterocycles. The monoisotopic (exact) mass is 778 g/mol. The zero-order valence-electron chi connectivity index (χ0n) is 29.1. The van der Waals surface area contributed by atoms with Crippen LogP contribution in [0.25, 0.3) is 0 Å². The van der Waals surface area contributed by atoms with Gasteiger partial charge in [0, 0.05) is 57.8 Å². The first kappa shape index (κ1) is 40.6. The van der Waals surface area contributed by atoms with Crippen molar-refractivity contribution in [3.8, 4) is 23.0 Å². The second-order valence-electron chi connectivity index (χ2n) is 12.1. The van der Waals surface area contributed by atoms with Crippen molar-refractivity contribution < 1.29 is 79.7 Å². The highest BCUT2D eigenvalue weighted by atomic mass is 32.3. The zero-order valence-corrected chi connectivity index (χ0v) is 30.0. The van der Waals surface area contributed by atoms with Crippen LogP contribution in [0.2, 0.25) is 0 Å². The number of nitrogens with one attached hydrogen (secondary N) is 2. The number of benzene rings is 2. The van der Waals surface area contributed by atoms with Crippen LogP contribution in [0.1, 0.15) is 61.8 Å². The fraction of sp³-hybridized carbons (Fsp3) is 0.375. The summed E-state index contributed by atoms with van der Waals surface area (Å²) in [6.45, 7) is 4.92. The largest absolute Gasteiger partial charge is 0.478 e. The minimum Gasteiger partial charge on any atom is -0.478 e. The maximum absolute atomic E-state index is 13.8. The lowest BCUT2D eigenvalue weighted by Gasteiger charge is -2.48. The number of piperidine rings is 1. The number of carboxylic acid groups (broad SMARTS) is 1. The number of ether oxygens (including phenoxy) is 4. The first-order chi connectivity index (χ1) is 25.1. The third-order valence-corrected chi connectivity index (χ3v) is 8.48. The SMILES string of the molecule is CC(=O)Oc1ccc(C(=O)NCC(C)C2C[C@@H]3CN(C(=O)N3OS(=O)(=O)O)[C@]2(NC(=O)c2ccc(OC(C)=O)c(OC(C)=O)c2)C(=O)O)cc1OC(C)=O. The van der Waals surface area contributed by atoms with Gasteiger partial charge >= 0.3 is 46.3 Å². The number of hydrogen-bond acceptors (Lipinski definition) is 15. The van der Waals surface area contributed by atoms with E-state index < -0.39 is 88.2 Å². The van der Waals surface area contributed by atoms with Crippen LogP contribution in [0, 0.1) is 11.8 Å². The van der Waals surface area contributed by atoms with Gasteiger partial charge in [0.15, 0.2) is 23.0 Å². The Morgan fingerprint density at radius 3 is 1.72 bits per heavy atom. The molecule has 2 aromatic rings. The molecule has 2 saturated heterocycles. The Labute approximate surface area is 306 Å². The Morgan fingerprint density at radius 1 is 0.815 bits per heavy atom. The molecule has 0 radical (unpaired) electrons. The molecule has 2 aliphatic heterocycles. The number of carboxylic acids is 1. The first-order valence-electron chi connectivity index (χ1n) is 15.8. The molecule has 2 fully saturated rings. The number of carbonyl (C=O) groups excluding carboxylic acids is 7. The molecule has 2 bridgehead atoms. The summed E-state index contributed by atoms with van der Waals surface area (Å²) in [4.78, 5) is 101. The normalized spacial score (nSPS) is 19.6. The number of esters is 4. The van der Waals surface area contributed by atoms with Crippen molar-refractivity contribution in [1.29, 1.82) is 0 Å². The van der Waals surface area contributed by atoms with Gasteiger partial charge in [-0.15, -0.1) is 4.28 Å². The third kappa shape index (κ3) is 9.08. The maximum Gasteiger partial charge on any atom is 0.418 e. The van der Waals surface area contributed by atoms with E-state index in [4.69, 9.17) is 18.9 Å². The molecule has 0 saturated carbocycles. The lowest BCUT2D eigenvalue weighted by molar-refractivity contribution is -0.159. The Kier molecular flexibility index (Phi) is 11.9. The van der Waals surface area contributed by atoms with Crippen LogP contribution in [0.15, 0.2) is 36.4 Å². The number of carbonyl (C=O) groups is 8. The molecule has 4 rings (SSSR count). The Hall–Kier alpha value is -6.13. The zero-order chi connectivity index (χ0) is 40.3. The molecule has 2 aliphatic rings. The number of rotatable bonds is 13. The smallest absolute Gasteiger partial charge is 0.418 e. The van der Waals surface area contributed by atoms with Gasteiger partial charge in [-0.2, -0.15) is 13.5 Å². The van der Waals surface area contributed by atoms with Gasteiger partial charge in [-0.25, -0.2) is 9.59 Å². The number of amides is 4. The quantitative estimate of drug-likeness (QED) is 0.124. The predicted octanol–water partition coefficient (Wildman–Crippen LogP) is 0.825. The summed E-state index contributed by atoms with van der Waals surface area (Å²) in [7, 11) is -5.29. The number of fused-ring (bicyclic) bond motifs is 2. The molecule has 4 atom stereocenters. The molecule has 290 valence electrons. The van der Waals surface area contributed by atoms with Crippen molar-refractivity contribution in [3.05, 3.63) is 47.5 Å². The molecule has 2 aromatic carbocycles. The number of urea groups is 1. The van der Waals surface area contributed by atoms with Crippen molar-refractivity contribution in [2.24, 2.45) is 11.8 Å². The van der Waals surface area contributed by atoms with Crippen LogP contribution in [0.5, 0.6) is 23.0 Å². The molecule has 0 spiro atoms. The lowest BCUT2D eigenvalue weighted by atomic mass is 9.74. The molecule has 22 heteroatoms. The summed E-state index contributed by atoms with van der Waals surface area (Å²) >= 11 is 0. The van der Waals surface area contributed by atoms with Crippen molar-refractivity contribution in [2.45, 2.75) is 52.7 Å². The van der Waals surface area contributed by atoms with E-state index in [1.807, 2.05) is 0 Å². The van der Waals surface area contributed by atoms with E-state index in [0.717, 1.165) is 52.0 Å². The average molecular weight is 779 g/mol. The van der Waals surface area contributed by atoms with Crippen molar-refractivity contribution in [2.75, 3.05) is 13.1 Å². The lowest BCUT2D eigenvalue weighted by Crippen LogP contribution is -2.73. The van der Waals surface area contributed by atoms with Crippen LogP contribution >= 0.6 is 0 Å². The van der Waals surface area contributed by atoms with Gasteiger partial charge in [0.05, 0.1) is 6.04 Å². The number of hydrogen-bond donors (Lipinski definition) is 4. The molecule has 2 heterocycles. The minimum absolute atomic E-state index is 0.0803. The topological polar surface area (TPSA) is 288 Å². The van der Waals surface area contributed by atoms with Crippen molar-refractivity contribution >= 4 is 58.1 Å². The van der Waals surface area contributed by atoms with E-state index in [-0.39, 0.29) is 52.2 Å². The fourth-order valence-corrected chi connectivity index (χ4v) is 6.47. The summed E-state index contributed by atoms with van der Waals surface area (Å²) < 4.78 is 57.2. The second-order valence-corrected chi connectivity index (χ2v) is 13.1. The van der Waals surface area contributed by atoms with Crippen molar-refractivity contribution in [3.63, 3.8) is 0 Å². The van der Waals surface area contributed by atoms with E-state index in [1.54, 1.807) is 0 Å². The molecule has 4 N–H and O–H groups in total. The first-order valence-corrected chi connectivity index (χ1v) is 17.1. The number of aliphatic carboxylic acids is 1. The van der Waals surface area contributed by atoms with E-state index in [2.05, 4.69) is 14.9 Å². The van der Waals surface area contributed by atoms with Gasteiger partial charge in [-0.05, 0) is 48.7 Å². The molecule has 4 amide bonds. The van der Waals surface area contributed by atoms with Crippen LogP contribution in [-0.4, -0.2) is 101 Å². The second kappa shape index (κ2) is 15.9.